The molecule has 10 heteroatoms. The fourth-order valence-corrected chi connectivity index (χ4v) is 6.26. The predicted octanol–water partition coefficient (Wildman–Crippen LogP) is 3.48. The van der Waals surface area contributed by atoms with Gasteiger partial charge >= 0.3 is 0 Å². The fraction of sp³-hybridized carbons (Fsp3) is 0.429. The van der Waals surface area contributed by atoms with Crippen molar-refractivity contribution in [2.24, 2.45) is 0 Å². The van der Waals surface area contributed by atoms with E-state index in [2.05, 4.69) is 9.44 Å². The van der Waals surface area contributed by atoms with Crippen molar-refractivity contribution in [3.63, 3.8) is 0 Å². The normalized spacial score (nSPS) is 15.7. The van der Waals surface area contributed by atoms with Crippen molar-refractivity contribution in [1.82, 2.24) is 9.44 Å². The highest BCUT2D eigenvalue weighted by Crippen LogP contribution is 2.27. The summed E-state index contributed by atoms with van der Waals surface area (Å²) >= 11 is 6.01. The molecule has 0 radical (unpaired) electrons. The van der Waals surface area contributed by atoms with Gasteiger partial charge in [-0.1, -0.05) is 43.0 Å². The third-order valence-electron chi connectivity index (χ3n) is 5.30. The van der Waals surface area contributed by atoms with Crippen LogP contribution in [-0.2, 0) is 26.5 Å². The quantitative estimate of drug-likeness (QED) is 0.565. The van der Waals surface area contributed by atoms with Crippen molar-refractivity contribution in [3.05, 3.63) is 53.1 Å². The van der Waals surface area contributed by atoms with Gasteiger partial charge in [0.15, 0.2) is 0 Å². The first kappa shape index (κ1) is 24.0. The van der Waals surface area contributed by atoms with Crippen molar-refractivity contribution in [2.75, 3.05) is 13.7 Å². The second kappa shape index (κ2) is 10.3. The van der Waals surface area contributed by atoms with Gasteiger partial charge in [-0.2, -0.15) is 0 Å². The lowest BCUT2D eigenvalue weighted by Crippen LogP contribution is -2.36. The summed E-state index contributed by atoms with van der Waals surface area (Å²) in [5.41, 5.74) is 0.826. The number of halogens is 1. The molecule has 0 saturated heterocycles. The molecular formula is C21H27ClN2O5S2. The van der Waals surface area contributed by atoms with Crippen LogP contribution in [0.15, 0.2) is 52.3 Å². The van der Waals surface area contributed by atoms with Gasteiger partial charge in [-0.25, -0.2) is 26.3 Å². The number of hydrogen-bond donors (Lipinski definition) is 2. The number of ether oxygens (including phenoxy) is 1. The Morgan fingerprint density at radius 1 is 0.935 bits per heavy atom. The molecule has 2 aromatic carbocycles. The summed E-state index contributed by atoms with van der Waals surface area (Å²) in [5, 5.41) is 0.212. The van der Waals surface area contributed by atoms with Crippen molar-refractivity contribution >= 4 is 31.6 Å². The Labute approximate surface area is 189 Å². The molecule has 0 aliphatic heterocycles. The number of nitrogens with one attached hydrogen (secondary N) is 2. The van der Waals surface area contributed by atoms with E-state index < -0.39 is 20.0 Å². The van der Waals surface area contributed by atoms with Gasteiger partial charge in [0.1, 0.15) is 5.75 Å². The molecule has 1 aliphatic carbocycles. The first-order valence-electron chi connectivity index (χ1n) is 10.2. The summed E-state index contributed by atoms with van der Waals surface area (Å²) in [6.45, 7) is 0.165. The maximum absolute atomic E-state index is 12.6. The first-order valence-corrected chi connectivity index (χ1v) is 13.5. The van der Waals surface area contributed by atoms with Crippen molar-refractivity contribution in [3.8, 4) is 5.75 Å². The molecule has 7 nitrogen and oxygen atoms in total. The molecule has 1 saturated carbocycles. The van der Waals surface area contributed by atoms with E-state index in [9.17, 15) is 16.8 Å². The number of sulfonamides is 2. The Bertz CT molecular complexity index is 1100. The van der Waals surface area contributed by atoms with Crippen LogP contribution in [0.1, 0.15) is 37.7 Å². The van der Waals surface area contributed by atoms with Crippen LogP contribution >= 0.6 is 11.6 Å². The van der Waals surface area contributed by atoms with E-state index in [0.717, 1.165) is 37.7 Å². The van der Waals surface area contributed by atoms with Crippen molar-refractivity contribution < 1.29 is 21.6 Å². The molecule has 1 fully saturated rings. The Balaban J connectivity index is 1.57. The van der Waals surface area contributed by atoms with E-state index in [1.165, 1.54) is 25.3 Å². The second-order valence-corrected chi connectivity index (χ2v) is 11.4. The summed E-state index contributed by atoms with van der Waals surface area (Å²) in [6, 6.07) is 10.8. The average Bonchev–Trinajstić information content (AvgIpc) is 2.74. The lowest BCUT2D eigenvalue weighted by Gasteiger charge is -2.22. The first-order chi connectivity index (χ1) is 14.7. The third-order valence-corrected chi connectivity index (χ3v) is 8.59. The summed E-state index contributed by atoms with van der Waals surface area (Å²) < 4.78 is 60.4. The number of hydrogen-bond acceptors (Lipinski definition) is 5. The van der Waals surface area contributed by atoms with Crippen LogP contribution in [0.5, 0.6) is 5.75 Å². The Morgan fingerprint density at radius 2 is 1.58 bits per heavy atom. The summed E-state index contributed by atoms with van der Waals surface area (Å²) in [7, 11) is -5.82. The van der Waals surface area contributed by atoms with Crippen LogP contribution in [0.25, 0.3) is 0 Å². The monoisotopic (exact) mass is 486 g/mol. The van der Waals surface area contributed by atoms with Gasteiger partial charge in [-0.05, 0) is 55.2 Å². The molecular weight excluding hydrogens is 460 g/mol. The highest BCUT2D eigenvalue weighted by Gasteiger charge is 2.22. The van der Waals surface area contributed by atoms with Gasteiger partial charge in [0.2, 0.25) is 20.0 Å². The highest BCUT2D eigenvalue weighted by molar-refractivity contribution is 7.89. The smallest absolute Gasteiger partial charge is 0.240 e. The zero-order valence-corrected chi connectivity index (χ0v) is 19.7. The molecule has 0 spiro atoms. The third kappa shape index (κ3) is 6.43. The maximum Gasteiger partial charge on any atom is 0.240 e. The van der Waals surface area contributed by atoms with Gasteiger partial charge in [-0.15, -0.1) is 0 Å². The minimum absolute atomic E-state index is 0.000656. The van der Waals surface area contributed by atoms with Crippen LogP contribution in [0, 0.1) is 0 Å². The molecule has 1 aliphatic rings. The Kier molecular flexibility index (Phi) is 7.98. The Morgan fingerprint density at radius 3 is 2.19 bits per heavy atom. The predicted molar refractivity (Wildman–Crippen MR) is 121 cm³/mol. The van der Waals surface area contributed by atoms with E-state index in [-0.39, 0.29) is 27.4 Å². The summed E-state index contributed by atoms with van der Waals surface area (Å²) in [5.74, 6) is 0.397. The van der Waals surface area contributed by atoms with Gasteiger partial charge in [-0.3, -0.25) is 0 Å². The van der Waals surface area contributed by atoms with E-state index in [0.29, 0.717) is 12.2 Å². The van der Waals surface area contributed by atoms with Crippen molar-refractivity contribution in [1.29, 1.82) is 0 Å². The number of rotatable bonds is 9. The molecule has 0 unspecified atom stereocenters. The molecule has 3 rings (SSSR count). The highest BCUT2D eigenvalue weighted by atomic mass is 35.5. The Hall–Kier alpha value is -1.65. The van der Waals surface area contributed by atoms with E-state index in [1.54, 1.807) is 24.3 Å². The fourth-order valence-electron chi connectivity index (χ4n) is 3.57. The molecule has 2 N–H and O–H groups in total. The van der Waals surface area contributed by atoms with E-state index in [4.69, 9.17) is 16.3 Å². The molecule has 0 amide bonds. The van der Waals surface area contributed by atoms with Gasteiger partial charge in [0.25, 0.3) is 0 Å². The molecule has 0 heterocycles. The van der Waals surface area contributed by atoms with Crippen LogP contribution in [-0.4, -0.2) is 36.5 Å². The van der Waals surface area contributed by atoms with Gasteiger partial charge < -0.3 is 4.74 Å². The van der Waals surface area contributed by atoms with Gasteiger partial charge in [0, 0.05) is 12.6 Å². The standard InChI is InChI=1S/C21H27ClN2O5S2/c1-29-21-12-11-19(15-20(21)22)30(25,26)23-14-13-16-7-9-18(10-8-16)31(27,28)24-17-5-3-2-4-6-17/h7-12,15,17,23-24H,2-6,13-14H2,1H3. The minimum Gasteiger partial charge on any atom is -0.495 e. The van der Waals surface area contributed by atoms with E-state index >= 15 is 0 Å². The van der Waals surface area contributed by atoms with E-state index in [1.807, 2.05) is 0 Å². The largest absolute Gasteiger partial charge is 0.495 e. The zero-order chi connectivity index (χ0) is 22.5. The molecule has 0 aromatic heterocycles. The topological polar surface area (TPSA) is 102 Å². The lowest BCUT2D eigenvalue weighted by molar-refractivity contribution is 0.412. The lowest BCUT2D eigenvalue weighted by atomic mass is 9.96. The van der Waals surface area contributed by atoms with Crippen LogP contribution < -0.4 is 14.2 Å². The molecule has 31 heavy (non-hydrogen) atoms. The average molecular weight is 487 g/mol. The van der Waals surface area contributed by atoms with Crippen LogP contribution in [0.3, 0.4) is 0 Å². The molecule has 0 atom stereocenters. The van der Waals surface area contributed by atoms with Crippen LogP contribution in [0.2, 0.25) is 5.02 Å². The SMILES string of the molecule is COc1ccc(S(=O)(=O)NCCc2ccc(S(=O)(=O)NC3CCCCC3)cc2)cc1Cl. The summed E-state index contributed by atoms with van der Waals surface area (Å²) in [6.07, 6.45) is 5.41. The van der Waals surface area contributed by atoms with Crippen molar-refractivity contribution in [2.45, 2.75) is 54.4 Å². The molecule has 0 bridgehead atoms. The molecule has 170 valence electrons. The summed E-state index contributed by atoms with van der Waals surface area (Å²) in [4.78, 5) is 0.267. The minimum atomic E-state index is -3.72. The second-order valence-electron chi connectivity index (χ2n) is 7.54. The van der Waals surface area contributed by atoms with Crippen LogP contribution in [0.4, 0.5) is 0 Å². The van der Waals surface area contributed by atoms with Gasteiger partial charge in [0.05, 0.1) is 21.9 Å². The number of methoxy groups -OCH3 is 1. The number of benzene rings is 2. The maximum atomic E-state index is 12.6. The zero-order valence-electron chi connectivity index (χ0n) is 17.3. The molecule has 2 aromatic rings.